The van der Waals surface area contributed by atoms with Crippen molar-refractivity contribution in [2.75, 3.05) is 5.32 Å². The van der Waals surface area contributed by atoms with Crippen LogP contribution in [0, 0.1) is 13.8 Å². The second-order valence-electron chi connectivity index (χ2n) is 6.63. The summed E-state index contributed by atoms with van der Waals surface area (Å²) < 4.78 is 5.84. The average Bonchev–Trinajstić information content (AvgIpc) is 3.03. The van der Waals surface area contributed by atoms with E-state index in [9.17, 15) is 4.79 Å². The van der Waals surface area contributed by atoms with Gasteiger partial charge in [-0.25, -0.2) is 4.98 Å². The predicted molar refractivity (Wildman–Crippen MR) is 113 cm³/mol. The lowest BCUT2D eigenvalue weighted by Crippen LogP contribution is -2.11. The van der Waals surface area contributed by atoms with Crippen LogP contribution in [-0.4, -0.2) is 10.9 Å². The Balaban J connectivity index is 1.67. The zero-order valence-electron chi connectivity index (χ0n) is 15.2. The fraction of sp³-hybridized carbons (Fsp3) is 0.0909. The van der Waals surface area contributed by atoms with Crippen molar-refractivity contribution in [1.29, 1.82) is 0 Å². The number of fused-ring (bicyclic) bond motifs is 1. The van der Waals surface area contributed by atoms with Crippen molar-refractivity contribution in [3.05, 3.63) is 81.3 Å². The number of oxazole rings is 1. The number of anilines is 1. The van der Waals surface area contributed by atoms with Crippen LogP contribution in [0.3, 0.4) is 0 Å². The van der Waals surface area contributed by atoms with Crippen LogP contribution < -0.4 is 5.32 Å². The van der Waals surface area contributed by atoms with Crippen LogP contribution in [0.15, 0.2) is 59.0 Å². The molecule has 0 radical (unpaired) electrons. The van der Waals surface area contributed by atoms with Crippen LogP contribution in [0.1, 0.15) is 21.5 Å². The molecule has 4 nitrogen and oxygen atoms in total. The number of nitrogens with one attached hydrogen (secondary N) is 1. The molecule has 4 aromatic rings. The minimum Gasteiger partial charge on any atom is -0.436 e. The van der Waals surface area contributed by atoms with Gasteiger partial charge in [-0.15, -0.1) is 0 Å². The van der Waals surface area contributed by atoms with Gasteiger partial charge in [0.05, 0.1) is 15.6 Å². The standard InChI is InChI=1S/C22H16Cl2N2O2/c1-12-8-13(2)10-15(9-12)25-21(27)14-6-7-18-19(11-14)28-22(26-18)20-16(23)4-3-5-17(20)24/h3-11H,1-2H3,(H,25,27). The SMILES string of the molecule is Cc1cc(C)cc(NC(=O)c2ccc3nc(-c4c(Cl)cccc4Cl)oc3c2)c1. The molecular weight excluding hydrogens is 395 g/mol. The molecule has 1 amide bonds. The monoisotopic (exact) mass is 410 g/mol. The highest BCUT2D eigenvalue weighted by molar-refractivity contribution is 6.38. The number of aryl methyl sites for hydroxylation is 2. The van der Waals surface area contributed by atoms with Crippen LogP contribution in [0.25, 0.3) is 22.6 Å². The first-order chi connectivity index (χ1) is 13.4. The van der Waals surface area contributed by atoms with Crippen molar-refractivity contribution in [2.24, 2.45) is 0 Å². The molecular formula is C22H16Cl2N2O2. The number of halogens is 2. The zero-order valence-corrected chi connectivity index (χ0v) is 16.7. The van der Waals surface area contributed by atoms with Crippen LogP contribution in [0.2, 0.25) is 10.0 Å². The van der Waals surface area contributed by atoms with Crippen LogP contribution in [-0.2, 0) is 0 Å². The minimum atomic E-state index is -0.222. The molecule has 1 aromatic heterocycles. The zero-order chi connectivity index (χ0) is 19.8. The van der Waals surface area contributed by atoms with Crippen LogP contribution in [0.4, 0.5) is 5.69 Å². The van der Waals surface area contributed by atoms with Crippen LogP contribution >= 0.6 is 23.2 Å². The van der Waals surface area contributed by atoms with Gasteiger partial charge in [0.2, 0.25) is 5.89 Å². The maximum atomic E-state index is 12.6. The third kappa shape index (κ3) is 3.61. The Hall–Kier alpha value is -2.82. The van der Waals surface area contributed by atoms with Crippen molar-refractivity contribution in [3.8, 4) is 11.5 Å². The maximum Gasteiger partial charge on any atom is 0.255 e. The first-order valence-corrected chi connectivity index (χ1v) is 9.41. The topological polar surface area (TPSA) is 55.1 Å². The van der Waals surface area contributed by atoms with E-state index in [1.807, 2.05) is 26.0 Å². The number of carbonyl (C=O) groups excluding carboxylic acids is 1. The Morgan fingerprint density at radius 1 is 0.964 bits per heavy atom. The Morgan fingerprint density at radius 2 is 1.64 bits per heavy atom. The van der Waals surface area contributed by atoms with Gasteiger partial charge in [-0.2, -0.15) is 0 Å². The predicted octanol–water partition coefficient (Wildman–Crippen LogP) is 6.67. The molecule has 0 atom stereocenters. The van der Waals surface area contributed by atoms with Crippen molar-refractivity contribution in [1.82, 2.24) is 4.98 Å². The van der Waals surface area contributed by atoms with Gasteiger partial charge in [-0.3, -0.25) is 4.79 Å². The number of rotatable bonds is 3. The van der Waals surface area contributed by atoms with Gasteiger partial charge in [0.15, 0.2) is 5.58 Å². The number of nitrogens with zero attached hydrogens (tertiary/aromatic N) is 1. The van der Waals surface area contributed by atoms with Gasteiger partial charge < -0.3 is 9.73 Å². The maximum absolute atomic E-state index is 12.6. The second kappa shape index (κ2) is 7.30. The molecule has 0 aliphatic heterocycles. The fourth-order valence-electron chi connectivity index (χ4n) is 3.13. The van der Waals surface area contributed by atoms with E-state index in [1.165, 1.54) is 0 Å². The summed E-state index contributed by atoms with van der Waals surface area (Å²) in [5.74, 6) is 0.0955. The third-order valence-electron chi connectivity index (χ3n) is 4.31. The van der Waals surface area contributed by atoms with E-state index < -0.39 is 0 Å². The fourth-order valence-corrected chi connectivity index (χ4v) is 3.68. The summed E-state index contributed by atoms with van der Waals surface area (Å²) in [5, 5.41) is 3.82. The van der Waals surface area contributed by atoms with Crippen molar-refractivity contribution >= 4 is 45.9 Å². The smallest absolute Gasteiger partial charge is 0.255 e. The molecule has 6 heteroatoms. The number of aromatic nitrogens is 1. The lowest BCUT2D eigenvalue weighted by atomic mass is 10.1. The Labute approximate surface area is 172 Å². The molecule has 140 valence electrons. The molecule has 0 spiro atoms. The van der Waals surface area contributed by atoms with Gasteiger partial charge in [-0.1, -0.05) is 35.3 Å². The van der Waals surface area contributed by atoms with Crippen molar-refractivity contribution in [3.63, 3.8) is 0 Å². The Morgan fingerprint density at radius 3 is 2.32 bits per heavy atom. The number of amides is 1. The summed E-state index contributed by atoms with van der Waals surface area (Å²) in [7, 11) is 0. The quantitative estimate of drug-likeness (QED) is 0.410. The number of hydrogen-bond acceptors (Lipinski definition) is 3. The van der Waals surface area contributed by atoms with E-state index in [0.29, 0.717) is 38.2 Å². The first-order valence-electron chi connectivity index (χ1n) is 8.65. The highest BCUT2D eigenvalue weighted by Crippen LogP contribution is 2.35. The van der Waals surface area contributed by atoms with Gasteiger partial charge in [0.1, 0.15) is 5.52 Å². The first kappa shape index (κ1) is 18.5. The minimum absolute atomic E-state index is 0.222. The summed E-state index contributed by atoms with van der Waals surface area (Å²) in [5.41, 5.74) is 5.03. The van der Waals surface area contributed by atoms with E-state index in [1.54, 1.807) is 36.4 Å². The summed E-state index contributed by atoms with van der Waals surface area (Å²) in [4.78, 5) is 17.1. The highest BCUT2D eigenvalue weighted by atomic mass is 35.5. The van der Waals surface area contributed by atoms with Crippen molar-refractivity contribution in [2.45, 2.75) is 13.8 Å². The number of benzene rings is 3. The molecule has 1 heterocycles. The second-order valence-corrected chi connectivity index (χ2v) is 7.44. The molecule has 4 rings (SSSR count). The van der Waals surface area contributed by atoms with E-state index in [4.69, 9.17) is 27.6 Å². The normalized spacial score (nSPS) is 11.0. The molecule has 0 unspecified atom stereocenters. The number of hydrogen-bond donors (Lipinski definition) is 1. The molecule has 0 aliphatic rings. The third-order valence-corrected chi connectivity index (χ3v) is 4.94. The Bertz CT molecular complexity index is 1170. The molecule has 28 heavy (non-hydrogen) atoms. The molecule has 0 saturated carbocycles. The molecule has 1 N–H and O–H groups in total. The van der Waals surface area contributed by atoms with Gasteiger partial charge >= 0.3 is 0 Å². The summed E-state index contributed by atoms with van der Waals surface area (Å²) >= 11 is 12.5. The summed E-state index contributed by atoms with van der Waals surface area (Å²) in [6.45, 7) is 3.98. The molecule has 3 aromatic carbocycles. The van der Waals surface area contributed by atoms with Gasteiger partial charge in [0.25, 0.3) is 5.91 Å². The molecule has 0 bridgehead atoms. The largest absolute Gasteiger partial charge is 0.436 e. The summed E-state index contributed by atoms with van der Waals surface area (Å²) in [6, 6.07) is 16.2. The lowest BCUT2D eigenvalue weighted by molar-refractivity contribution is 0.102. The molecule has 0 saturated heterocycles. The Kier molecular flexibility index (Phi) is 4.84. The lowest BCUT2D eigenvalue weighted by Gasteiger charge is -2.07. The van der Waals surface area contributed by atoms with E-state index in [0.717, 1.165) is 16.8 Å². The molecule has 0 fully saturated rings. The number of carbonyl (C=O) groups is 1. The van der Waals surface area contributed by atoms with Crippen LogP contribution in [0.5, 0.6) is 0 Å². The van der Waals surface area contributed by atoms with E-state index >= 15 is 0 Å². The van der Waals surface area contributed by atoms with Gasteiger partial charge in [-0.05, 0) is 67.4 Å². The van der Waals surface area contributed by atoms with E-state index in [-0.39, 0.29) is 5.91 Å². The van der Waals surface area contributed by atoms with Crippen molar-refractivity contribution < 1.29 is 9.21 Å². The van der Waals surface area contributed by atoms with E-state index in [2.05, 4.69) is 16.4 Å². The highest BCUT2D eigenvalue weighted by Gasteiger charge is 2.16. The summed E-state index contributed by atoms with van der Waals surface area (Å²) in [6.07, 6.45) is 0. The van der Waals surface area contributed by atoms with Gasteiger partial charge in [0, 0.05) is 11.3 Å². The average molecular weight is 411 g/mol. The molecule has 0 aliphatic carbocycles.